The van der Waals surface area contributed by atoms with Gasteiger partial charge in [0, 0.05) is 6.42 Å². The second-order valence-electron chi connectivity index (χ2n) is 6.55. The van der Waals surface area contributed by atoms with E-state index < -0.39 is 0 Å². The van der Waals surface area contributed by atoms with E-state index in [0.717, 1.165) is 18.7 Å². The molecule has 0 bridgehead atoms. The van der Waals surface area contributed by atoms with Gasteiger partial charge in [-0.3, -0.25) is 9.69 Å². The Kier molecular flexibility index (Phi) is 4.98. The molecular weight excluding hydrogens is 246 g/mol. The van der Waals surface area contributed by atoms with Gasteiger partial charge in [-0.2, -0.15) is 0 Å². The molecule has 1 heterocycles. The molecule has 20 heavy (non-hydrogen) atoms. The van der Waals surface area contributed by atoms with Crippen molar-refractivity contribution in [1.82, 2.24) is 4.90 Å². The van der Waals surface area contributed by atoms with E-state index in [1.54, 1.807) is 0 Å². The van der Waals surface area contributed by atoms with E-state index >= 15 is 0 Å². The SMILES string of the molecule is Cc1ccc(CC(=O)C(C)(C)N2CCCCCC2)cc1. The Morgan fingerprint density at radius 1 is 1.05 bits per heavy atom. The summed E-state index contributed by atoms with van der Waals surface area (Å²) in [5.41, 5.74) is 2.03. The maximum atomic E-state index is 12.7. The van der Waals surface area contributed by atoms with Crippen LogP contribution in [0.5, 0.6) is 0 Å². The van der Waals surface area contributed by atoms with E-state index in [1.807, 2.05) is 0 Å². The third kappa shape index (κ3) is 3.69. The summed E-state index contributed by atoms with van der Waals surface area (Å²) in [5, 5.41) is 0. The number of benzene rings is 1. The Morgan fingerprint density at radius 2 is 1.60 bits per heavy atom. The lowest BCUT2D eigenvalue weighted by Gasteiger charge is -2.36. The van der Waals surface area contributed by atoms with Crippen molar-refractivity contribution in [2.75, 3.05) is 13.1 Å². The van der Waals surface area contributed by atoms with Gasteiger partial charge in [0.05, 0.1) is 5.54 Å². The first-order chi connectivity index (χ1) is 9.50. The minimum Gasteiger partial charge on any atom is -0.297 e. The number of nitrogens with zero attached hydrogens (tertiary/aromatic N) is 1. The van der Waals surface area contributed by atoms with Crippen molar-refractivity contribution in [3.05, 3.63) is 35.4 Å². The van der Waals surface area contributed by atoms with Crippen LogP contribution in [0.1, 0.15) is 50.7 Å². The predicted octanol–water partition coefficient (Wildman–Crippen LogP) is 3.76. The highest BCUT2D eigenvalue weighted by atomic mass is 16.1. The monoisotopic (exact) mass is 273 g/mol. The molecule has 1 aromatic rings. The highest BCUT2D eigenvalue weighted by molar-refractivity contribution is 5.89. The fraction of sp³-hybridized carbons (Fsp3) is 0.611. The fourth-order valence-corrected chi connectivity index (χ4v) is 2.91. The van der Waals surface area contributed by atoms with Crippen LogP contribution < -0.4 is 0 Å². The van der Waals surface area contributed by atoms with Crippen LogP contribution >= 0.6 is 0 Å². The molecule has 2 heteroatoms. The van der Waals surface area contributed by atoms with Gasteiger partial charge in [0.25, 0.3) is 0 Å². The van der Waals surface area contributed by atoms with Crippen LogP contribution in [0.3, 0.4) is 0 Å². The molecule has 1 aliphatic rings. The van der Waals surface area contributed by atoms with Crippen LogP contribution in [0.25, 0.3) is 0 Å². The summed E-state index contributed by atoms with van der Waals surface area (Å²) in [6.45, 7) is 8.38. The number of likely N-dealkylation sites (tertiary alicyclic amines) is 1. The molecular formula is C18H27NO. The Balaban J connectivity index is 2.03. The van der Waals surface area contributed by atoms with Crippen LogP contribution in [0.4, 0.5) is 0 Å². The van der Waals surface area contributed by atoms with Crippen LogP contribution in [0, 0.1) is 6.92 Å². The van der Waals surface area contributed by atoms with Crippen LogP contribution in [0.15, 0.2) is 24.3 Å². The quantitative estimate of drug-likeness (QED) is 0.832. The van der Waals surface area contributed by atoms with Crippen LogP contribution in [-0.2, 0) is 11.2 Å². The van der Waals surface area contributed by atoms with Crippen molar-refractivity contribution in [2.45, 2.75) is 58.4 Å². The lowest BCUT2D eigenvalue weighted by Crippen LogP contribution is -2.51. The first-order valence-corrected chi connectivity index (χ1v) is 7.84. The largest absolute Gasteiger partial charge is 0.297 e. The van der Waals surface area contributed by atoms with E-state index in [0.29, 0.717) is 12.2 Å². The van der Waals surface area contributed by atoms with Gasteiger partial charge < -0.3 is 0 Å². The number of Topliss-reactive ketones (excluding diaryl/α,β-unsaturated/α-hetero) is 1. The molecule has 0 atom stereocenters. The molecule has 2 nitrogen and oxygen atoms in total. The van der Waals surface area contributed by atoms with Crippen molar-refractivity contribution in [3.63, 3.8) is 0 Å². The van der Waals surface area contributed by atoms with Crippen LogP contribution in [-0.4, -0.2) is 29.3 Å². The number of carbonyl (C=O) groups excluding carboxylic acids is 1. The molecule has 110 valence electrons. The zero-order valence-electron chi connectivity index (χ0n) is 13.1. The molecule has 1 aromatic carbocycles. The number of hydrogen-bond acceptors (Lipinski definition) is 2. The Morgan fingerprint density at radius 3 is 2.15 bits per heavy atom. The van der Waals surface area contributed by atoms with E-state index in [-0.39, 0.29) is 5.54 Å². The van der Waals surface area contributed by atoms with Crippen molar-refractivity contribution < 1.29 is 4.79 Å². The van der Waals surface area contributed by atoms with Crippen molar-refractivity contribution in [3.8, 4) is 0 Å². The van der Waals surface area contributed by atoms with E-state index in [1.165, 1.54) is 31.2 Å². The Labute approximate surface area is 123 Å². The molecule has 0 N–H and O–H groups in total. The summed E-state index contributed by atoms with van der Waals surface area (Å²) in [5.74, 6) is 0.336. The number of carbonyl (C=O) groups is 1. The number of hydrogen-bond donors (Lipinski definition) is 0. The zero-order valence-corrected chi connectivity index (χ0v) is 13.1. The summed E-state index contributed by atoms with van der Waals surface area (Å²) in [7, 11) is 0. The minimum absolute atomic E-state index is 0.336. The number of aryl methyl sites for hydroxylation is 1. The average Bonchev–Trinajstić information content (AvgIpc) is 2.70. The molecule has 0 saturated carbocycles. The lowest BCUT2D eigenvalue weighted by molar-refractivity contribution is -0.128. The molecule has 0 spiro atoms. The first kappa shape index (κ1) is 15.2. The van der Waals surface area contributed by atoms with Gasteiger partial charge in [0.2, 0.25) is 0 Å². The van der Waals surface area contributed by atoms with Gasteiger partial charge in [-0.1, -0.05) is 42.7 Å². The maximum Gasteiger partial charge on any atom is 0.156 e. The summed E-state index contributed by atoms with van der Waals surface area (Å²) in [4.78, 5) is 15.1. The van der Waals surface area contributed by atoms with E-state index in [9.17, 15) is 4.79 Å². The number of ketones is 1. The van der Waals surface area contributed by atoms with Gasteiger partial charge in [-0.15, -0.1) is 0 Å². The number of rotatable bonds is 4. The van der Waals surface area contributed by atoms with Crippen molar-refractivity contribution in [2.24, 2.45) is 0 Å². The Hall–Kier alpha value is -1.15. The standard InChI is InChI=1S/C18H27NO/c1-15-8-10-16(11-9-15)14-17(20)18(2,3)19-12-6-4-5-7-13-19/h8-11H,4-7,12-14H2,1-3H3. The molecule has 1 aliphatic heterocycles. The average molecular weight is 273 g/mol. The van der Waals surface area contributed by atoms with Gasteiger partial charge in [0.1, 0.15) is 0 Å². The highest BCUT2D eigenvalue weighted by Gasteiger charge is 2.33. The predicted molar refractivity (Wildman–Crippen MR) is 84.0 cm³/mol. The van der Waals surface area contributed by atoms with Crippen molar-refractivity contribution in [1.29, 1.82) is 0 Å². The van der Waals surface area contributed by atoms with Gasteiger partial charge in [-0.25, -0.2) is 0 Å². The Bertz CT molecular complexity index is 439. The van der Waals surface area contributed by atoms with E-state index in [2.05, 4.69) is 49.9 Å². The third-order valence-electron chi connectivity index (χ3n) is 4.56. The summed E-state index contributed by atoms with van der Waals surface area (Å²) in [6.07, 6.45) is 5.60. The smallest absolute Gasteiger partial charge is 0.156 e. The fourth-order valence-electron chi connectivity index (χ4n) is 2.91. The summed E-state index contributed by atoms with van der Waals surface area (Å²) < 4.78 is 0. The third-order valence-corrected chi connectivity index (χ3v) is 4.56. The topological polar surface area (TPSA) is 20.3 Å². The maximum absolute atomic E-state index is 12.7. The molecule has 0 unspecified atom stereocenters. The molecule has 0 radical (unpaired) electrons. The van der Waals surface area contributed by atoms with Crippen LogP contribution in [0.2, 0.25) is 0 Å². The normalized spacial score (nSPS) is 17.8. The summed E-state index contributed by atoms with van der Waals surface area (Å²) in [6, 6.07) is 8.32. The van der Waals surface area contributed by atoms with E-state index in [4.69, 9.17) is 0 Å². The van der Waals surface area contributed by atoms with Gasteiger partial charge in [-0.05, 0) is 52.3 Å². The molecule has 2 rings (SSSR count). The zero-order chi connectivity index (χ0) is 14.6. The molecule has 0 aromatic heterocycles. The van der Waals surface area contributed by atoms with Crippen molar-refractivity contribution >= 4 is 5.78 Å². The highest BCUT2D eigenvalue weighted by Crippen LogP contribution is 2.22. The first-order valence-electron chi connectivity index (χ1n) is 7.84. The minimum atomic E-state index is -0.338. The lowest BCUT2D eigenvalue weighted by atomic mass is 9.91. The molecule has 1 saturated heterocycles. The molecule has 0 amide bonds. The van der Waals surface area contributed by atoms with Gasteiger partial charge in [0.15, 0.2) is 5.78 Å². The second kappa shape index (κ2) is 6.53. The van der Waals surface area contributed by atoms with Gasteiger partial charge >= 0.3 is 0 Å². The molecule has 1 fully saturated rings. The summed E-state index contributed by atoms with van der Waals surface area (Å²) >= 11 is 0. The second-order valence-corrected chi connectivity index (χ2v) is 6.55. The molecule has 0 aliphatic carbocycles.